The fourth-order valence-electron chi connectivity index (χ4n) is 4.18. The summed E-state index contributed by atoms with van der Waals surface area (Å²) < 4.78 is 13.1. The number of amides is 1. The van der Waals surface area contributed by atoms with Gasteiger partial charge in [-0.05, 0) is 19.9 Å². The van der Waals surface area contributed by atoms with E-state index >= 15 is 0 Å². The van der Waals surface area contributed by atoms with Crippen molar-refractivity contribution in [2.45, 2.75) is 25.9 Å². The van der Waals surface area contributed by atoms with Gasteiger partial charge in [0.25, 0.3) is 5.91 Å². The summed E-state index contributed by atoms with van der Waals surface area (Å²) in [5.74, 6) is 0.550. The van der Waals surface area contributed by atoms with E-state index in [2.05, 4.69) is 39.3 Å². The molecule has 10 heteroatoms. The molecule has 166 valence electrons. The summed E-state index contributed by atoms with van der Waals surface area (Å²) in [6.45, 7) is 6.85. The molecule has 1 amide bonds. The molecule has 2 N–H and O–H groups in total. The molecular weight excluding hydrogens is 412 g/mol. The fourth-order valence-corrected chi connectivity index (χ4v) is 4.18. The number of oxime groups is 1. The highest BCUT2D eigenvalue weighted by atomic mass is 16.5. The van der Waals surface area contributed by atoms with Crippen molar-refractivity contribution >= 4 is 29.1 Å². The van der Waals surface area contributed by atoms with Gasteiger partial charge in [0.2, 0.25) is 0 Å². The van der Waals surface area contributed by atoms with Gasteiger partial charge >= 0.3 is 0 Å². The first-order chi connectivity index (χ1) is 15.4. The van der Waals surface area contributed by atoms with Crippen molar-refractivity contribution in [2.75, 3.05) is 36.5 Å². The smallest absolute Gasteiger partial charge is 0.261 e. The van der Waals surface area contributed by atoms with E-state index in [-0.39, 0.29) is 11.5 Å². The van der Waals surface area contributed by atoms with Crippen LogP contribution in [0.5, 0.6) is 5.75 Å². The normalized spacial score (nSPS) is 17.5. The number of benzene rings is 1. The summed E-state index contributed by atoms with van der Waals surface area (Å²) in [5.41, 5.74) is 3.73. The second-order valence-electron chi connectivity index (χ2n) is 8.53. The molecule has 0 aliphatic carbocycles. The van der Waals surface area contributed by atoms with E-state index in [9.17, 15) is 4.79 Å². The number of aromatic nitrogens is 3. The van der Waals surface area contributed by atoms with Gasteiger partial charge in [0.15, 0.2) is 5.65 Å². The summed E-state index contributed by atoms with van der Waals surface area (Å²) in [5, 5.41) is 19.0. The molecule has 3 aromatic rings. The number of ether oxygens (including phenoxy) is 2. The first kappa shape index (κ1) is 20.3. The number of nitrogens with zero attached hydrogens (tertiary/aromatic N) is 5. The Morgan fingerprint density at radius 1 is 1.28 bits per heavy atom. The third-order valence-electron chi connectivity index (χ3n) is 5.61. The predicted octanol–water partition coefficient (Wildman–Crippen LogP) is 2.34. The van der Waals surface area contributed by atoms with Crippen LogP contribution in [0.4, 0.5) is 11.4 Å². The summed E-state index contributed by atoms with van der Waals surface area (Å²) in [6.07, 6.45) is 6.64. The highest BCUT2D eigenvalue weighted by Crippen LogP contribution is 2.42. The lowest BCUT2D eigenvalue weighted by Crippen LogP contribution is -2.36. The minimum absolute atomic E-state index is 0.283. The number of hydrogen-bond acceptors (Lipinski definition) is 8. The van der Waals surface area contributed by atoms with Crippen molar-refractivity contribution in [3.8, 4) is 5.75 Å². The van der Waals surface area contributed by atoms with Crippen LogP contribution in [0.1, 0.15) is 35.3 Å². The largest absolute Gasteiger partial charge is 0.487 e. The van der Waals surface area contributed by atoms with Gasteiger partial charge in [0.1, 0.15) is 16.9 Å². The molecule has 1 aromatic carbocycles. The highest BCUT2D eigenvalue weighted by molar-refractivity contribution is 6.09. The summed E-state index contributed by atoms with van der Waals surface area (Å²) >= 11 is 0. The molecule has 5 rings (SSSR count). The first-order valence-corrected chi connectivity index (χ1v) is 10.4. The summed E-state index contributed by atoms with van der Waals surface area (Å²) in [7, 11) is 0. The van der Waals surface area contributed by atoms with Crippen LogP contribution in [0.2, 0.25) is 0 Å². The monoisotopic (exact) mass is 436 g/mol. The number of anilines is 2. The molecule has 4 heterocycles. The van der Waals surface area contributed by atoms with Gasteiger partial charge in [-0.2, -0.15) is 5.10 Å². The standard InChI is InChI=1S/C22H24N6O4/c1-22(2)9-15-7-17(18(8-19(15)32-22)27-3-5-31-6-4-27)26-21(29)16-12-24-28-13-14(11-25-30)10-23-20(16)28/h7-8,10-13,30H,3-6,9H2,1-2H3,(H,26,29). The van der Waals surface area contributed by atoms with Crippen molar-refractivity contribution < 1.29 is 19.5 Å². The van der Waals surface area contributed by atoms with Gasteiger partial charge in [0, 0.05) is 49.1 Å². The molecule has 2 aliphatic heterocycles. The molecule has 1 saturated heterocycles. The number of fused-ring (bicyclic) bond motifs is 2. The van der Waals surface area contributed by atoms with E-state index in [4.69, 9.17) is 14.7 Å². The lowest BCUT2D eigenvalue weighted by Gasteiger charge is -2.31. The third-order valence-corrected chi connectivity index (χ3v) is 5.61. The Bertz CT molecular complexity index is 1210. The first-order valence-electron chi connectivity index (χ1n) is 10.4. The topological polar surface area (TPSA) is 114 Å². The predicted molar refractivity (Wildman–Crippen MR) is 118 cm³/mol. The second kappa shape index (κ2) is 7.79. The summed E-state index contributed by atoms with van der Waals surface area (Å²) in [4.78, 5) is 19.7. The van der Waals surface area contributed by atoms with E-state index in [0.29, 0.717) is 30.0 Å². The van der Waals surface area contributed by atoms with Crippen LogP contribution in [0, 0.1) is 0 Å². The molecule has 2 aromatic heterocycles. The van der Waals surface area contributed by atoms with Gasteiger partial charge in [-0.3, -0.25) is 4.79 Å². The van der Waals surface area contributed by atoms with Crippen molar-refractivity contribution in [3.05, 3.63) is 47.4 Å². The minimum atomic E-state index is -0.302. The quantitative estimate of drug-likeness (QED) is 0.367. The van der Waals surface area contributed by atoms with Crippen LogP contribution in [0.3, 0.4) is 0 Å². The Hall–Kier alpha value is -3.66. The zero-order chi connectivity index (χ0) is 22.3. The average molecular weight is 436 g/mol. The number of rotatable bonds is 4. The lowest BCUT2D eigenvalue weighted by atomic mass is 10.0. The van der Waals surface area contributed by atoms with Crippen LogP contribution in [0.25, 0.3) is 5.65 Å². The van der Waals surface area contributed by atoms with Crippen molar-refractivity contribution in [1.82, 2.24) is 14.6 Å². The molecule has 0 saturated carbocycles. The van der Waals surface area contributed by atoms with Crippen molar-refractivity contribution in [3.63, 3.8) is 0 Å². The van der Waals surface area contributed by atoms with E-state index in [1.165, 1.54) is 23.1 Å². The molecule has 0 radical (unpaired) electrons. The number of nitrogens with one attached hydrogen (secondary N) is 1. The molecule has 10 nitrogen and oxygen atoms in total. The van der Waals surface area contributed by atoms with Gasteiger partial charge in [-0.15, -0.1) is 0 Å². The molecule has 32 heavy (non-hydrogen) atoms. The van der Waals surface area contributed by atoms with Crippen LogP contribution in [-0.4, -0.2) is 63.8 Å². The Labute approximate surface area is 184 Å². The average Bonchev–Trinajstić information content (AvgIpc) is 3.32. The Kier molecular flexibility index (Phi) is 4.93. The lowest BCUT2D eigenvalue weighted by molar-refractivity contribution is 0.102. The Morgan fingerprint density at radius 2 is 2.09 bits per heavy atom. The maximum atomic E-state index is 13.2. The highest BCUT2D eigenvalue weighted by Gasteiger charge is 2.32. The summed E-state index contributed by atoms with van der Waals surface area (Å²) in [6, 6.07) is 4.02. The molecule has 2 aliphatic rings. The van der Waals surface area contributed by atoms with Crippen molar-refractivity contribution in [2.24, 2.45) is 5.16 Å². The van der Waals surface area contributed by atoms with Gasteiger partial charge in [-0.1, -0.05) is 5.16 Å². The zero-order valence-corrected chi connectivity index (χ0v) is 17.9. The number of hydrogen-bond donors (Lipinski definition) is 2. The molecular formula is C22H24N6O4. The molecule has 0 bridgehead atoms. The van der Waals surface area contributed by atoms with Gasteiger partial charge in [-0.25, -0.2) is 9.50 Å². The van der Waals surface area contributed by atoms with Crippen LogP contribution >= 0.6 is 0 Å². The van der Waals surface area contributed by atoms with Crippen LogP contribution < -0.4 is 15.0 Å². The number of carbonyl (C=O) groups excluding carboxylic acids is 1. The van der Waals surface area contributed by atoms with Crippen molar-refractivity contribution in [1.29, 1.82) is 0 Å². The minimum Gasteiger partial charge on any atom is -0.487 e. The molecule has 1 fully saturated rings. The van der Waals surface area contributed by atoms with E-state index in [1.54, 1.807) is 6.20 Å². The molecule has 0 spiro atoms. The number of morpholine rings is 1. The fraction of sp³-hybridized carbons (Fsp3) is 0.364. The van der Waals surface area contributed by atoms with E-state index < -0.39 is 0 Å². The second-order valence-corrected chi connectivity index (χ2v) is 8.53. The maximum absolute atomic E-state index is 13.2. The van der Waals surface area contributed by atoms with E-state index in [0.717, 1.165) is 42.2 Å². The van der Waals surface area contributed by atoms with Gasteiger partial charge in [0.05, 0.1) is 37.0 Å². The van der Waals surface area contributed by atoms with Crippen LogP contribution in [-0.2, 0) is 11.2 Å². The molecule has 0 atom stereocenters. The van der Waals surface area contributed by atoms with Gasteiger partial charge < -0.3 is 24.9 Å². The Morgan fingerprint density at radius 3 is 2.88 bits per heavy atom. The zero-order valence-electron chi connectivity index (χ0n) is 17.9. The SMILES string of the molecule is CC1(C)Cc2cc(NC(=O)c3cnn4cc(C=NO)cnc34)c(N3CCOCC3)cc2O1. The third kappa shape index (κ3) is 3.73. The Balaban J connectivity index is 1.49. The van der Waals surface area contributed by atoms with Crippen LogP contribution in [0.15, 0.2) is 35.9 Å². The van der Waals surface area contributed by atoms with E-state index in [1.807, 2.05) is 12.1 Å². The molecule has 0 unspecified atom stereocenters. The number of carbonyl (C=O) groups is 1. The maximum Gasteiger partial charge on any atom is 0.261 e.